The minimum absolute atomic E-state index is 0.0380. The molecule has 1 heterocycles. The van der Waals surface area contributed by atoms with Crippen molar-refractivity contribution in [1.82, 2.24) is 8.69 Å². The summed E-state index contributed by atoms with van der Waals surface area (Å²) in [5.74, 6) is 0.449. The molecule has 0 aromatic carbocycles. The van der Waals surface area contributed by atoms with E-state index >= 15 is 0 Å². The fraction of sp³-hybridized carbons (Fsp3) is 0.750. The van der Waals surface area contributed by atoms with E-state index in [4.69, 9.17) is 0 Å². The Bertz CT molecular complexity index is 791. The van der Waals surface area contributed by atoms with Crippen LogP contribution >= 0.6 is 0 Å². The van der Waals surface area contributed by atoms with Crippen molar-refractivity contribution in [3.8, 4) is 0 Å². The van der Waals surface area contributed by atoms with E-state index in [1.165, 1.54) is 0 Å². The maximum atomic E-state index is 11.5. The molecule has 1 N–H and O–H groups in total. The third kappa shape index (κ3) is 7.21. The van der Waals surface area contributed by atoms with Crippen molar-refractivity contribution in [3.63, 3.8) is 0 Å². The lowest BCUT2D eigenvalue weighted by atomic mass is 10.00. The van der Waals surface area contributed by atoms with E-state index in [-0.39, 0.29) is 12.6 Å². The second kappa shape index (κ2) is 9.41. The third-order valence-corrected chi connectivity index (χ3v) is 6.45. The number of hydrogen-bond acceptors (Lipinski definition) is 5. The number of halogens is 6. The van der Waals surface area contributed by atoms with Gasteiger partial charge >= 0.3 is 31.1 Å². The summed E-state index contributed by atoms with van der Waals surface area (Å²) in [6.07, 6.45) is 6.95. The number of aryl methyl sites for hydroxylation is 1. The number of imidazole rings is 1. The molecule has 1 rings (SSSR count). The van der Waals surface area contributed by atoms with Crippen molar-refractivity contribution in [2.24, 2.45) is 13.0 Å². The van der Waals surface area contributed by atoms with Gasteiger partial charge < -0.3 is 5.11 Å². The summed E-state index contributed by atoms with van der Waals surface area (Å²) in [5, 5.41) is 11.0. The summed E-state index contributed by atoms with van der Waals surface area (Å²) in [6, 6.07) is 0.103. The zero-order valence-electron chi connectivity index (χ0n) is 14.8. The number of alkyl halides is 6. The van der Waals surface area contributed by atoms with E-state index in [0.29, 0.717) is 5.92 Å². The molecule has 8 nitrogen and oxygen atoms in total. The zero-order chi connectivity index (χ0) is 22.6. The Kier molecular flexibility index (Phi) is 8.94. The van der Waals surface area contributed by atoms with Crippen molar-refractivity contribution >= 4 is 20.0 Å². The second-order valence-electron chi connectivity index (χ2n) is 5.63. The highest BCUT2D eigenvalue weighted by Crippen LogP contribution is 2.27. The van der Waals surface area contributed by atoms with Crippen molar-refractivity contribution < 1.29 is 52.9 Å². The summed E-state index contributed by atoms with van der Waals surface area (Å²) in [5.41, 5.74) is -12.3. The van der Waals surface area contributed by atoms with Gasteiger partial charge in [0.2, 0.25) is 6.33 Å². The van der Waals surface area contributed by atoms with Crippen LogP contribution in [0.2, 0.25) is 0 Å². The van der Waals surface area contributed by atoms with Crippen molar-refractivity contribution in [3.05, 3.63) is 18.7 Å². The molecule has 0 amide bonds. The summed E-state index contributed by atoms with van der Waals surface area (Å²) >= 11 is 0. The molecular weight excluding hydrogens is 444 g/mol. The lowest BCUT2D eigenvalue weighted by Gasteiger charge is -2.22. The molecule has 1 aromatic rings. The Morgan fingerprint density at radius 2 is 1.50 bits per heavy atom. The SMILES string of the molecule is CCC(C)C(C[O-])n1cc[n+](C)c1.O=S(=O)(NS(=O)(=O)C(F)(F)F)C(F)(F)F. The Morgan fingerprint density at radius 1 is 1.07 bits per heavy atom. The average Bonchev–Trinajstić information content (AvgIpc) is 2.91. The van der Waals surface area contributed by atoms with Gasteiger partial charge in [0.15, 0.2) is 0 Å². The number of nitrogens with zero attached hydrogens (tertiary/aromatic N) is 2. The molecule has 0 saturated carbocycles. The number of rotatable bonds is 6. The first kappa shape index (κ1) is 26.6. The Morgan fingerprint density at radius 3 is 1.75 bits per heavy atom. The molecule has 166 valence electrons. The van der Waals surface area contributed by atoms with Gasteiger partial charge in [0, 0.05) is 0 Å². The first-order valence-electron chi connectivity index (χ1n) is 7.41. The standard InChI is InChI=1S/C10H18N2O.C2HF6NO4S2/c1-4-9(2)10(7-13)12-6-5-11(3)8-12;3-1(4,5)14(10,11)9-15(12,13)2(6,7)8/h5-6,8-10H,4,7H2,1-3H3;9H. The van der Waals surface area contributed by atoms with Crippen LogP contribution in [-0.4, -0.2) is 39.0 Å². The van der Waals surface area contributed by atoms with E-state index in [9.17, 15) is 48.3 Å². The van der Waals surface area contributed by atoms with Crippen LogP contribution in [0.15, 0.2) is 18.7 Å². The molecule has 0 saturated heterocycles. The second-order valence-corrected chi connectivity index (χ2v) is 9.23. The summed E-state index contributed by atoms with van der Waals surface area (Å²) in [6.45, 7) is 4.21. The zero-order valence-corrected chi connectivity index (χ0v) is 16.5. The molecule has 0 aliphatic rings. The fourth-order valence-corrected chi connectivity index (χ4v) is 3.63. The summed E-state index contributed by atoms with van der Waals surface area (Å²) < 4.78 is 112. The molecule has 2 unspecified atom stereocenters. The normalized spacial score (nSPS) is 15.5. The van der Waals surface area contributed by atoms with E-state index in [1.54, 1.807) is 0 Å². The predicted octanol–water partition coefficient (Wildman–Crippen LogP) is 0.535. The number of aromatic nitrogens is 2. The lowest BCUT2D eigenvalue weighted by molar-refractivity contribution is -0.671. The van der Waals surface area contributed by atoms with Gasteiger partial charge in [-0.1, -0.05) is 24.6 Å². The predicted molar refractivity (Wildman–Crippen MR) is 82.1 cm³/mol. The van der Waals surface area contributed by atoms with Crippen LogP contribution in [0.25, 0.3) is 0 Å². The number of sulfonamides is 2. The molecule has 0 radical (unpaired) electrons. The highest BCUT2D eigenvalue weighted by Gasteiger charge is 2.55. The maximum Gasteiger partial charge on any atom is 0.512 e. The average molecular weight is 463 g/mol. The highest BCUT2D eigenvalue weighted by atomic mass is 32.3. The molecule has 0 fully saturated rings. The van der Waals surface area contributed by atoms with Gasteiger partial charge in [0.05, 0.1) is 13.1 Å². The van der Waals surface area contributed by atoms with Crippen LogP contribution in [0, 0.1) is 5.92 Å². The topological polar surface area (TPSA) is 112 Å². The van der Waals surface area contributed by atoms with Gasteiger partial charge in [-0.15, -0.1) is 0 Å². The van der Waals surface area contributed by atoms with Crippen molar-refractivity contribution in [2.45, 2.75) is 37.3 Å². The molecule has 16 heteroatoms. The van der Waals surface area contributed by atoms with E-state index in [2.05, 4.69) is 13.8 Å². The minimum atomic E-state index is -6.60. The van der Waals surface area contributed by atoms with Gasteiger partial charge in [0.25, 0.3) is 0 Å². The Labute approximate surface area is 157 Å². The quantitative estimate of drug-likeness (QED) is 0.489. The Hall–Kier alpha value is -1.39. The molecule has 0 spiro atoms. The van der Waals surface area contributed by atoms with Crippen LogP contribution in [-0.2, 0) is 27.1 Å². The lowest BCUT2D eigenvalue weighted by Crippen LogP contribution is -2.45. The first-order chi connectivity index (χ1) is 12.4. The van der Waals surface area contributed by atoms with Gasteiger partial charge in [-0.25, -0.2) is 26.0 Å². The molecule has 0 aliphatic heterocycles. The van der Waals surface area contributed by atoms with Crippen LogP contribution in [0.5, 0.6) is 0 Å². The molecule has 0 aliphatic carbocycles. The smallest absolute Gasteiger partial charge is 0.512 e. The summed E-state index contributed by atoms with van der Waals surface area (Å²) in [4.78, 5) is 0. The molecule has 28 heavy (non-hydrogen) atoms. The third-order valence-electron chi connectivity index (χ3n) is 3.47. The van der Waals surface area contributed by atoms with Crippen LogP contribution in [0.3, 0.4) is 0 Å². The molecule has 0 bridgehead atoms. The molecule has 2 atom stereocenters. The van der Waals surface area contributed by atoms with Gasteiger partial charge in [-0.05, 0) is 12.3 Å². The van der Waals surface area contributed by atoms with Crippen LogP contribution < -0.4 is 13.8 Å². The van der Waals surface area contributed by atoms with E-state index in [0.717, 1.165) is 6.42 Å². The fourth-order valence-electron chi connectivity index (χ4n) is 1.72. The first-order valence-corrected chi connectivity index (χ1v) is 10.4. The molecule has 1 aromatic heterocycles. The monoisotopic (exact) mass is 463 g/mol. The highest BCUT2D eigenvalue weighted by molar-refractivity contribution is 8.05. The minimum Gasteiger partial charge on any atom is -0.851 e. The largest absolute Gasteiger partial charge is 0.851 e. The molecular formula is C12H19F6N3O5S2. The van der Waals surface area contributed by atoms with Crippen LogP contribution in [0.1, 0.15) is 26.3 Å². The van der Waals surface area contributed by atoms with Gasteiger partial charge in [0.1, 0.15) is 12.4 Å². The van der Waals surface area contributed by atoms with Crippen LogP contribution in [0.4, 0.5) is 26.3 Å². The van der Waals surface area contributed by atoms with Crippen molar-refractivity contribution in [1.29, 1.82) is 0 Å². The number of hydrogen-bond donors (Lipinski definition) is 1. The number of nitrogens with one attached hydrogen (secondary N) is 1. The van der Waals surface area contributed by atoms with Crippen molar-refractivity contribution in [2.75, 3.05) is 6.61 Å². The van der Waals surface area contributed by atoms with Gasteiger partial charge in [-0.2, -0.15) is 26.3 Å². The van der Waals surface area contributed by atoms with E-state index < -0.39 is 35.2 Å². The summed E-state index contributed by atoms with van der Waals surface area (Å²) in [7, 11) is -11.2. The van der Waals surface area contributed by atoms with E-state index in [1.807, 2.05) is 34.9 Å². The Balaban J connectivity index is 0.000000525. The van der Waals surface area contributed by atoms with Gasteiger partial charge in [-0.3, -0.25) is 0 Å². The maximum absolute atomic E-state index is 11.5.